The highest BCUT2D eigenvalue weighted by Gasteiger charge is 2.17. The molecule has 1 N–H and O–H groups in total. The van der Waals surface area contributed by atoms with Gasteiger partial charge in [0.05, 0.1) is 10.9 Å². The summed E-state index contributed by atoms with van der Waals surface area (Å²) in [6.07, 6.45) is 0. The predicted molar refractivity (Wildman–Crippen MR) is 89.2 cm³/mol. The lowest BCUT2D eigenvalue weighted by Crippen LogP contribution is -2.31. The third-order valence-electron chi connectivity index (χ3n) is 3.80. The molecule has 1 aromatic heterocycles. The van der Waals surface area contributed by atoms with Crippen LogP contribution in [0.25, 0.3) is 10.9 Å². The number of hydrogen-bond acceptors (Lipinski definition) is 3. The molecule has 0 bridgehead atoms. The number of nitrogens with one attached hydrogen (secondary N) is 1. The Kier molecular flexibility index (Phi) is 4.56. The molecule has 128 valence electrons. The fraction of sp³-hybridized carbons (Fsp3) is 0.167. The number of hydrogen-bond donors (Lipinski definition) is 1. The molecule has 0 saturated heterocycles. The van der Waals surface area contributed by atoms with Gasteiger partial charge in [-0.3, -0.25) is 14.3 Å². The van der Waals surface area contributed by atoms with Crippen LogP contribution in [0.4, 0.5) is 8.78 Å². The van der Waals surface area contributed by atoms with E-state index in [1.54, 1.807) is 6.92 Å². The molecule has 0 aliphatic rings. The highest BCUT2D eigenvalue weighted by Crippen LogP contribution is 2.12. The lowest BCUT2D eigenvalue weighted by atomic mass is 10.1. The van der Waals surface area contributed by atoms with Crippen molar-refractivity contribution < 1.29 is 13.6 Å². The number of halogens is 2. The van der Waals surface area contributed by atoms with E-state index in [0.29, 0.717) is 17.6 Å². The van der Waals surface area contributed by atoms with Crippen molar-refractivity contribution in [2.45, 2.75) is 20.0 Å². The monoisotopic (exact) mass is 343 g/mol. The minimum atomic E-state index is -0.664. The number of carbonyl (C=O) groups excluding carboxylic acids is 1. The van der Waals surface area contributed by atoms with Gasteiger partial charge in [0, 0.05) is 13.1 Å². The van der Waals surface area contributed by atoms with Crippen LogP contribution in [-0.4, -0.2) is 15.7 Å². The molecular weight excluding hydrogens is 328 g/mol. The van der Waals surface area contributed by atoms with Gasteiger partial charge in [-0.1, -0.05) is 12.1 Å². The molecule has 0 aliphatic heterocycles. The average Bonchev–Trinajstić information content (AvgIpc) is 2.61. The van der Waals surface area contributed by atoms with Crippen molar-refractivity contribution in [2.24, 2.45) is 0 Å². The Balaban J connectivity index is 1.94. The molecule has 1 heterocycles. The van der Waals surface area contributed by atoms with E-state index in [1.807, 2.05) is 0 Å². The minimum absolute atomic E-state index is 0.101. The van der Waals surface area contributed by atoms with Crippen molar-refractivity contribution in [3.8, 4) is 0 Å². The second-order valence-corrected chi connectivity index (χ2v) is 5.46. The lowest BCUT2D eigenvalue weighted by Gasteiger charge is -2.10. The maximum Gasteiger partial charge on any atom is 0.276 e. The van der Waals surface area contributed by atoms with E-state index >= 15 is 0 Å². The molecule has 1 amide bonds. The van der Waals surface area contributed by atoms with Gasteiger partial charge in [0.2, 0.25) is 5.43 Å². The number of nitrogens with zero attached hydrogens (tertiary/aromatic N) is 2. The largest absolute Gasteiger partial charge is 0.346 e. The second kappa shape index (κ2) is 6.80. The number of rotatable bonds is 4. The van der Waals surface area contributed by atoms with Crippen LogP contribution in [0, 0.1) is 11.6 Å². The zero-order chi connectivity index (χ0) is 18.0. The zero-order valence-electron chi connectivity index (χ0n) is 13.4. The Hall–Kier alpha value is -3.09. The van der Waals surface area contributed by atoms with Crippen LogP contribution in [-0.2, 0) is 13.1 Å². The molecule has 0 aliphatic carbocycles. The molecule has 0 atom stereocenters. The molecule has 3 aromatic rings. The number of fused-ring (bicyclic) bond motifs is 1. The van der Waals surface area contributed by atoms with Crippen molar-refractivity contribution in [3.05, 3.63) is 75.6 Å². The first-order valence-corrected chi connectivity index (χ1v) is 7.72. The number of aromatic nitrogens is 2. The maximum absolute atomic E-state index is 13.5. The Labute approximate surface area is 141 Å². The standard InChI is InChI=1S/C18H15F2N3O2/c1-2-23-15-8-7-13(20)9-14(15)17(24)16(22-23)18(25)21-10-11-3-5-12(19)6-4-11/h3-9H,2,10H2,1H3,(H,21,25). The summed E-state index contributed by atoms with van der Waals surface area (Å²) in [6, 6.07) is 9.42. The van der Waals surface area contributed by atoms with Crippen LogP contribution >= 0.6 is 0 Å². The summed E-state index contributed by atoms with van der Waals surface area (Å²) < 4.78 is 27.9. The number of aryl methyl sites for hydroxylation is 1. The highest BCUT2D eigenvalue weighted by atomic mass is 19.1. The first-order chi connectivity index (χ1) is 12.0. The minimum Gasteiger partial charge on any atom is -0.346 e. The average molecular weight is 343 g/mol. The van der Waals surface area contributed by atoms with Crippen LogP contribution < -0.4 is 10.7 Å². The van der Waals surface area contributed by atoms with E-state index in [4.69, 9.17) is 0 Å². The van der Waals surface area contributed by atoms with E-state index in [1.165, 1.54) is 41.1 Å². The van der Waals surface area contributed by atoms with Gasteiger partial charge >= 0.3 is 0 Å². The van der Waals surface area contributed by atoms with E-state index in [-0.39, 0.29) is 23.4 Å². The smallest absolute Gasteiger partial charge is 0.276 e. The third kappa shape index (κ3) is 3.40. The van der Waals surface area contributed by atoms with Crippen LogP contribution in [0.1, 0.15) is 23.0 Å². The van der Waals surface area contributed by atoms with E-state index in [0.717, 1.165) is 6.07 Å². The number of carbonyl (C=O) groups is 1. The van der Waals surface area contributed by atoms with Gasteiger partial charge in [0.25, 0.3) is 5.91 Å². The fourth-order valence-corrected chi connectivity index (χ4v) is 2.52. The van der Waals surface area contributed by atoms with Gasteiger partial charge in [-0.05, 0) is 42.8 Å². The van der Waals surface area contributed by atoms with Gasteiger partial charge < -0.3 is 5.32 Å². The van der Waals surface area contributed by atoms with Crippen molar-refractivity contribution in [2.75, 3.05) is 0 Å². The topological polar surface area (TPSA) is 64.0 Å². The summed E-state index contributed by atoms with van der Waals surface area (Å²) in [4.78, 5) is 24.8. The molecular formula is C18H15F2N3O2. The summed E-state index contributed by atoms with van der Waals surface area (Å²) in [7, 11) is 0. The normalized spacial score (nSPS) is 10.8. The Morgan fingerprint density at radius 3 is 2.48 bits per heavy atom. The van der Waals surface area contributed by atoms with Crippen LogP contribution in [0.5, 0.6) is 0 Å². The van der Waals surface area contributed by atoms with Crippen molar-refractivity contribution >= 4 is 16.8 Å². The van der Waals surface area contributed by atoms with Crippen LogP contribution in [0.2, 0.25) is 0 Å². The van der Waals surface area contributed by atoms with E-state index < -0.39 is 17.2 Å². The lowest BCUT2D eigenvalue weighted by molar-refractivity contribution is 0.0942. The van der Waals surface area contributed by atoms with Gasteiger partial charge in [-0.15, -0.1) is 0 Å². The zero-order valence-corrected chi connectivity index (χ0v) is 13.4. The predicted octanol–water partition coefficient (Wildman–Crippen LogP) is 2.62. The fourth-order valence-electron chi connectivity index (χ4n) is 2.52. The van der Waals surface area contributed by atoms with Gasteiger partial charge in [0.15, 0.2) is 5.69 Å². The summed E-state index contributed by atoms with van der Waals surface area (Å²) in [5.74, 6) is -1.60. The van der Waals surface area contributed by atoms with E-state index in [9.17, 15) is 18.4 Å². The molecule has 7 heteroatoms. The van der Waals surface area contributed by atoms with Crippen LogP contribution in [0.15, 0.2) is 47.3 Å². The summed E-state index contributed by atoms with van der Waals surface area (Å²) >= 11 is 0. The molecule has 0 unspecified atom stereocenters. The van der Waals surface area contributed by atoms with E-state index in [2.05, 4.69) is 10.4 Å². The Morgan fingerprint density at radius 1 is 1.12 bits per heavy atom. The Morgan fingerprint density at radius 2 is 1.80 bits per heavy atom. The van der Waals surface area contributed by atoms with Crippen LogP contribution in [0.3, 0.4) is 0 Å². The first-order valence-electron chi connectivity index (χ1n) is 7.72. The summed E-state index contributed by atoms with van der Waals surface area (Å²) in [6.45, 7) is 2.34. The first kappa shape index (κ1) is 16.8. The van der Waals surface area contributed by atoms with Gasteiger partial charge in [-0.2, -0.15) is 5.10 Å². The summed E-state index contributed by atoms with van der Waals surface area (Å²) in [5, 5.41) is 6.76. The number of amides is 1. The quantitative estimate of drug-likeness (QED) is 0.792. The molecule has 25 heavy (non-hydrogen) atoms. The molecule has 2 aromatic carbocycles. The molecule has 0 fully saturated rings. The van der Waals surface area contributed by atoms with Crippen molar-refractivity contribution in [1.82, 2.24) is 15.1 Å². The Bertz CT molecular complexity index is 998. The SMILES string of the molecule is CCn1nc(C(=O)NCc2ccc(F)cc2)c(=O)c2cc(F)ccc21. The van der Waals surface area contributed by atoms with Gasteiger partial charge in [0.1, 0.15) is 11.6 Å². The summed E-state index contributed by atoms with van der Waals surface area (Å²) in [5.41, 5.74) is 0.208. The molecule has 0 radical (unpaired) electrons. The number of benzene rings is 2. The third-order valence-corrected chi connectivity index (χ3v) is 3.80. The van der Waals surface area contributed by atoms with Crippen molar-refractivity contribution in [3.63, 3.8) is 0 Å². The molecule has 0 spiro atoms. The van der Waals surface area contributed by atoms with Gasteiger partial charge in [-0.25, -0.2) is 8.78 Å². The second-order valence-electron chi connectivity index (χ2n) is 5.46. The molecule has 5 nitrogen and oxygen atoms in total. The molecule has 3 rings (SSSR count). The maximum atomic E-state index is 13.5. The van der Waals surface area contributed by atoms with Crippen molar-refractivity contribution in [1.29, 1.82) is 0 Å². The molecule has 0 saturated carbocycles. The highest BCUT2D eigenvalue weighted by molar-refractivity contribution is 5.95.